The Morgan fingerprint density at radius 1 is 1.18 bits per heavy atom. The lowest BCUT2D eigenvalue weighted by molar-refractivity contribution is 0.185. The smallest absolute Gasteiger partial charge is 0.213 e. The minimum atomic E-state index is 0.607. The third-order valence-electron chi connectivity index (χ3n) is 2.35. The number of methoxy groups -OCH3 is 1. The number of aromatic nitrogens is 2. The van der Waals surface area contributed by atoms with Crippen molar-refractivity contribution < 1.29 is 9.26 Å². The van der Waals surface area contributed by atoms with Gasteiger partial charge in [0.05, 0.1) is 13.2 Å². The first kappa shape index (κ1) is 11.8. The number of nitrogens with zero attached hydrogens (tertiary/aromatic N) is 2. The third kappa shape index (κ3) is 3.65. The van der Waals surface area contributed by atoms with Gasteiger partial charge in [-0.25, -0.2) is 0 Å². The molecular weight excluding hydrogens is 218 g/mol. The molecule has 2 aromatic rings. The molecule has 0 atom stereocenters. The summed E-state index contributed by atoms with van der Waals surface area (Å²) in [5.41, 5.74) is 2.39. The molecule has 2 rings (SSSR count). The molecule has 5 heteroatoms. The van der Waals surface area contributed by atoms with E-state index in [9.17, 15) is 0 Å². The highest BCUT2D eigenvalue weighted by Crippen LogP contribution is 2.05. The maximum Gasteiger partial charge on any atom is 0.213 e. The van der Waals surface area contributed by atoms with E-state index in [0.717, 1.165) is 6.54 Å². The molecule has 1 N–H and O–H groups in total. The molecule has 0 fully saturated rings. The highest BCUT2D eigenvalue weighted by Gasteiger charge is 1.98. The summed E-state index contributed by atoms with van der Waals surface area (Å²) in [5, 5.41) is 6.96. The molecule has 0 unspecified atom stereocenters. The van der Waals surface area contributed by atoms with Crippen molar-refractivity contribution in [3.8, 4) is 0 Å². The number of hydrogen-bond donors (Lipinski definition) is 1. The topological polar surface area (TPSA) is 60.2 Å². The van der Waals surface area contributed by atoms with Crippen molar-refractivity contribution in [3.05, 3.63) is 47.6 Å². The third-order valence-corrected chi connectivity index (χ3v) is 2.35. The van der Waals surface area contributed by atoms with Crippen LogP contribution in [0.2, 0.25) is 0 Å². The summed E-state index contributed by atoms with van der Waals surface area (Å²) in [4.78, 5) is 3.93. The normalized spacial score (nSPS) is 10.6. The predicted molar refractivity (Wildman–Crippen MR) is 62.0 cm³/mol. The average molecular weight is 233 g/mol. The molecule has 0 aliphatic carbocycles. The average Bonchev–Trinajstić information content (AvgIpc) is 2.85. The van der Waals surface area contributed by atoms with Crippen LogP contribution in [0.15, 0.2) is 35.2 Å². The fourth-order valence-electron chi connectivity index (χ4n) is 1.51. The standard InChI is InChI=1S/C12H15N3O2/c1-16-8-11-4-2-10(3-5-11)6-13-7-12-14-9-17-15-12/h2-5,9,13H,6-8H2,1H3. The number of benzene rings is 1. The zero-order chi connectivity index (χ0) is 11.9. The molecule has 0 saturated carbocycles. The first-order valence-corrected chi connectivity index (χ1v) is 5.41. The second kappa shape index (κ2) is 6.12. The Hall–Kier alpha value is -1.72. The zero-order valence-electron chi connectivity index (χ0n) is 9.72. The van der Waals surface area contributed by atoms with Gasteiger partial charge in [-0.05, 0) is 11.1 Å². The van der Waals surface area contributed by atoms with Gasteiger partial charge in [0.25, 0.3) is 0 Å². The van der Waals surface area contributed by atoms with E-state index in [1.54, 1.807) is 7.11 Å². The minimum absolute atomic E-state index is 0.607. The Morgan fingerprint density at radius 3 is 2.59 bits per heavy atom. The van der Waals surface area contributed by atoms with E-state index in [4.69, 9.17) is 4.74 Å². The van der Waals surface area contributed by atoms with Gasteiger partial charge in [-0.2, -0.15) is 4.98 Å². The summed E-state index contributed by atoms with van der Waals surface area (Å²) in [6, 6.07) is 8.29. The molecule has 90 valence electrons. The van der Waals surface area contributed by atoms with E-state index < -0.39 is 0 Å². The van der Waals surface area contributed by atoms with Gasteiger partial charge in [0, 0.05) is 13.7 Å². The van der Waals surface area contributed by atoms with Crippen LogP contribution in [0.4, 0.5) is 0 Å². The Kier molecular flexibility index (Phi) is 4.23. The van der Waals surface area contributed by atoms with Crippen LogP contribution in [0.1, 0.15) is 17.0 Å². The SMILES string of the molecule is COCc1ccc(CNCc2ncon2)cc1. The molecule has 0 aliphatic heterocycles. The summed E-state index contributed by atoms with van der Waals surface area (Å²) < 4.78 is 9.70. The first-order chi connectivity index (χ1) is 8.38. The molecule has 0 saturated heterocycles. The second-order valence-corrected chi connectivity index (χ2v) is 3.70. The van der Waals surface area contributed by atoms with Gasteiger partial charge < -0.3 is 14.6 Å². The van der Waals surface area contributed by atoms with Crippen molar-refractivity contribution >= 4 is 0 Å². The molecule has 5 nitrogen and oxygen atoms in total. The highest BCUT2D eigenvalue weighted by molar-refractivity contribution is 5.21. The molecule has 1 aromatic carbocycles. The summed E-state index contributed by atoms with van der Waals surface area (Å²) in [6.45, 7) is 2.04. The van der Waals surface area contributed by atoms with Gasteiger partial charge in [0.15, 0.2) is 5.82 Å². The number of nitrogens with one attached hydrogen (secondary N) is 1. The van der Waals surface area contributed by atoms with E-state index in [2.05, 4.69) is 44.2 Å². The van der Waals surface area contributed by atoms with Gasteiger partial charge in [-0.3, -0.25) is 0 Å². The van der Waals surface area contributed by atoms with Gasteiger partial charge >= 0.3 is 0 Å². The van der Waals surface area contributed by atoms with Crippen LogP contribution in [0.25, 0.3) is 0 Å². The van der Waals surface area contributed by atoms with Crippen LogP contribution in [-0.2, 0) is 24.4 Å². The Bertz CT molecular complexity index is 426. The van der Waals surface area contributed by atoms with Crippen LogP contribution in [-0.4, -0.2) is 17.3 Å². The summed E-state index contributed by atoms with van der Waals surface area (Å²) in [6.07, 6.45) is 1.33. The zero-order valence-corrected chi connectivity index (χ0v) is 9.72. The summed E-state index contributed by atoms with van der Waals surface area (Å²) in [5.74, 6) is 0.668. The molecular formula is C12H15N3O2. The summed E-state index contributed by atoms with van der Waals surface area (Å²) >= 11 is 0. The monoisotopic (exact) mass is 233 g/mol. The lowest BCUT2D eigenvalue weighted by atomic mass is 10.1. The Labute approximate surface area is 99.8 Å². The van der Waals surface area contributed by atoms with Crippen molar-refractivity contribution in [2.75, 3.05) is 7.11 Å². The molecule has 0 amide bonds. The van der Waals surface area contributed by atoms with Gasteiger partial charge in [0.2, 0.25) is 6.39 Å². The van der Waals surface area contributed by atoms with Gasteiger partial charge in [-0.15, -0.1) is 0 Å². The van der Waals surface area contributed by atoms with E-state index in [0.29, 0.717) is 19.0 Å². The lowest BCUT2D eigenvalue weighted by Crippen LogP contribution is -2.13. The molecule has 1 aromatic heterocycles. The van der Waals surface area contributed by atoms with Crippen LogP contribution in [0, 0.1) is 0 Å². The number of rotatable bonds is 6. The fraction of sp³-hybridized carbons (Fsp3) is 0.333. The van der Waals surface area contributed by atoms with Crippen LogP contribution in [0.3, 0.4) is 0 Å². The van der Waals surface area contributed by atoms with E-state index in [1.807, 2.05) is 0 Å². The first-order valence-electron chi connectivity index (χ1n) is 5.41. The predicted octanol–water partition coefficient (Wildman–Crippen LogP) is 1.51. The van der Waals surface area contributed by atoms with E-state index >= 15 is 0 Å². The molecule has 0 bridgehead atoms. The summed E-state index contributed by atoms with van der Waals surface area (Å²) in [7, 11) is 1.69. The Morgan fingerprint density at radius 2 is 1.94 bits per heavy atom. The minimum Gasteiger partial charge on any atom is -0.380 e. The maximum absolute atomic E-state index is 5.06. The van der Waals surface area contributed by atoms with Crippen molar-refractivity contribution in [1.29, 1.82) is 0 Å². The second-order valence-electron chi connectivity index (χ2n) is 3.70. The highest BCUT2D eigenvalue weighted by atomic mass is 16.5. The van der Waals surface area contributed by atoms with Crippen LogP contribution in [0.5, 0.6) is 0 Å². The molecule has 17 heavy (non-hydrogen) atoms. The molecule has 0 radical (unpaired) electrons. The molecule has 1 heterocycles. The van der Waals surface area contributed by atoms with Crippen molar-refractivity contribution in [1.82, 2.24) is 15.5 Å². The van der Waals surface area contributed by atoms with E-state index in [1.165, 1.54) is 17.5 Å². The van der Waals surface area contributed by atoms with Gasteiger partial charge in [0.1, 0.15) is 0 Å². The van der Waals surface area contributed by atoms with Crippen LogP contribution < -0.4 is 5.32 Å². The number of hydrogen-bond acceptors (Lipinski definition) is 5. The van der Waals surface area contributed by atoms with Gasteiger partial charge in [-0.1, -0.05) is 29.4 Å². The lowest BCUT2D eigenvalue weighted by Gasteiger charge is -2.04. The quantitative estimate of drug-likeness (QED) is 0.819. The largest absolute Gasteiger partial charge is 0.380 e. The molecule has 0 spiro atoms. The fourth-order valence-corrected chi connectivity index (χ4v) is 1.51. The van der Waals surface area contributed by atoms with Crippen molar-refractivity contribution in [2.24, 2.45) is 0 Å². The van der Waals surface area contributed by atoms with Crippen molar-refractivity contribution in [2.45, 2.75) is 19.7 Å². The van der Waals surface area contributed by atoms with E-state index in [-0.39, 0.29) is 0 Å². The number of ether oxygens (including phenoxy) is 1. The maximum atomic E-state index is 5.06. The molecule has 0 aliphatic rings. The Balaban J connectivity index is 1.79. The van der Waals surface area contributed by atoms with Crippen molar-refractivity contribution in [3.63, 3.8) is 0 Å². The van der Waals surface area contributed by atoms with Crippen LogP contribution >= 0.6 is 0 Å².